The highest BCUT2D eigenvalue weighted by Crippen LogP contribution is 2.11. The lowest BCUT2D eigenvalue weighted by Gasteiger charge is -2.39. The van der Waals surface area contributed by atoms with Crippen molar-refractivity contribution in [3.63, 3.8) is 0 Å². The Hall–Kier alpha value is -0.610. The van der Waals surface area contributed by atoms with E-state index in [0.29, 0.717) is 12.0 Å². The Morgan fingerprint density at radius 3 is 2.53 bits per heavy atom. The summed E-state index contributed by atoms with van der Waals surface area (Å²) in [6, 6.07) is 0.526. The van der Waals surface area contributed by atoms with Gasteiger partial charge in [0, 0.05) is 32.7 Å². The van der Waals surface area contributed by atoms with E-state index in [9.17, 15) is 4.79 Å². The molecule has 0 radical (unpaired) electrons. The third kappa shape index (κ3) is 4.18. The van der Waals surface area contributed by atoms with Crippen molar-refractivity contribution < 1.29 is 9.53 Å². The van der Waals surface area contributed by atoms with Crippen molar-refractivity contribution in [2.24, 2.45) is 5.92 Å². The highest BCUT2D eigenvalue weighted by atomic mass is 16.5. The van der Waals surface area contributed by atoms with E-state index < -0.39 is 0 Å². The minimum absolute atomic E-state index is 0.110. The zero-order valence-electron chi connectivity index (χ0n) is 10.1. The molecular weight excluding hydrogens is 192 g/mol. The second-order valence-electron chi connectivity index (χ2n) is 4.66. The van der Waals surface area contributed by atoms with Gasteiger partial charge >= 0.3 is 5.97 Å². The van der Waals surface area contributed by atoms with Gasteiger partial charge in [-0.3, -0.25) is 9.69 Å². The van der Waals surface area contributed by atoms with Gasteiger partial charge in [-0.2, -0.15) is 0 Å². The molecule has 0 bridgehead atoms. The number of carbonyl (C=O) groups is 1. The number of hydrogen-bond donors (Lipinski definition) is 1. The zero-order valence-corrected chi connectivity index (χ0v) is 10.1. The van der Waals surface area contributed by atoms with Crippen molar-refractivity contribution in [3.05, 3.63) is 0 Å². The van der Waals surface area contributed by atoms with Crippen LogP contribution in [0, 0.1) is 5.92 Å². The van der Waals surface area contributed by atoms with Crippen molar-refractivity contribution in [1.29, 1.82) is 0 Å². The number of hydrogen-bond acceptors (Lipinski definition) is 4. The fraction of sp³-hybridized carbons (Fsp3) is 0.909. The van der Waals surface area contributed by atoms with Crippen LogP contribution in [0.25, 0.3) is 0 Å². The third-order valence-corrected chi connectivity index (χ3v) is 2.89. The molecule has 1 N–H and O–H groups in total. The molecule has 88 valence electrons. The van der Waals surface area contributed by atoms with Gasteiger partial charge in [-0.25, -0.2) is 0 Å². The molecule has 1 rings (SSSR count). The van der Waals surface area contributed by atoms with E-state index in [1.165, 1.54) is 6.92 Å². The van der Waals surface area contributed by atoms with Crippen LogP contribution in [-0.4, -0.2) is 42.8 Å². The summed E-state index contributed by atoms with van der Waals surface area (Å²) < 4.78 is 5.06. The van der Waals surface area contributed by atoms with Crippen molar-refractivity contribution in [2.75, 3.05) is 19.8 Å². The summed E-state index contributed by atoms with van der Waals surface area (Å²) in [7, 11) is 0. The van der Waals surface area contributed by atoms with Gasteiger partial charge in [-0.15, -0.1) is 0 Å². The molecule has 1 heterocycles. The van der Waals surface area contributed by atoms with Crippen molar-refractivity contribution >= 4 is 5.97 Å². The van der Waals surface area contributed by atoms with Crippen LogP contribution in [-0.2, 0) is 9.53 Å². The lowest BCUT2D eigenvalue weighted by Crippen LogP contribution is -2.56. The molecule has 0 spiro atoms. The molecule has 0 amide bonds. The fourth-order valence-electron chi connectivity index (χ4n) is 1.47. The average molecular weight is 214 g/mol. The summed E-state index contributed by atoms with van der Waals surface area (Å²) >= 11 is 0. The largest absolute Gasteiger partial charge is 0.460 e. The molecule has 1 atom stereocenters. The molecule has 0 aliphatic carbocycles. The zero-order chi connectivity index (χ0) is 11.4. The lowest BCUT2D eigenvalue weighted by molar-refractivity contribution is -0.154. The van der Waals surface area contributed by atoms with Gasteiger partial charge in [0.25, 0.3) is 0 Å². The highest BCUT2D eigenvalue weighted by molar-refractivity contribution is 5.66. The number of rotatable bonds is 5. The summed E-state index contributed by atoms with van der Waals surface area (Å²) in [5.74, 6) is 0.471. The predicted molar refractivity (Wildman–Crippen MR) is 59.4 cm³/mol. The van der Waals surface area contributed by atoms with Crippen molar-refractivity contribution in [1.82, 2.24) is 10.2 Å². The van der Waals surface area contributed by atoms with Crippen LogP contribution in [0.1, 0.15) is 27.7 Å². The normalized spacial score (nSPS) is 20.1. The summed E-state index contributed by atoms with van der Waals surface area (Å²) in [4.78, 5) is 12.9. The van der Waals surface area contributed by atoms with Crippen LogP contribution in [0.2, 0.25) is 0 Å². The number of likely N-dealkylation sites (tertiary alicyclic amines) is 1. The Morgan fingerprint density at radius 1 is 1.47 bits per heavy atom. The molecule has 0 aromatic rings. The quantitative estimate of drug-likeness (QED) is 0.688. The van der Waals surface area contributed by atoms with Gasteiger partial charge in [0.2, 0.25) is 0 Å². The average Bonchev–Trinajstić information content (AvgIpc) is 2.07. The second-order valence-corrected chi connectivity index (χ2v) is 4.66. The molecule has 1 aliphatic heterocycles. The standard InChI is InChI=1S/C11H22N2O2/c1-8(2)9(3)12-7-13-5-11(6-13)15-10(4)14/h8-9,11-12H,5-7H2,1-4H3. The molecule has 4 nitrogen and oxygen atoms in total. The first-order valence-electron chi connectivity index (χ1n) is 5.62. The van der Waals surface area contributed by atoms with Crippen molar-refractivity contribution in [2.45, 2.75) is 39.8 Å². The second kappa shape index (κ2) is 5.47. The molecule has 1 saturated heterocycles. The maximum absolute atomic E-state index is 10.7. The Labute approximate surface area is 92.0 Å². The van der Waals surface area contributed by atoms with Gasteiger partial charge in [0.05, 0.1) is 0 Å². The van der Waals surface area contributed by atoms with Gasteiger partial charge in [0.1, 0.15) is 6.10 Å². The minimum atomic E-state index is -0.178. The Balaban J connectivity index is 2.05. The lowest BCUT2D eigenvalue weighted by atomic mass is 10.1. The summed E-state index contributed by atoms with van der Waals surface area (Å²) in [6.07, 6.45) is 0.110. The summed E-state index contributed by atoms with van der Waals surface area (Å²) in [5.41, 5.74) is 0. The fourth-order valence-corrected chi connectivity index (χ4v) is 1.47. The summed E-state index contributed by atoms with van der Waals surface area (Å²) in [5, 5.41) is 3.44. The van der Waals surface area contributed by atoms with Crippen LogP contribution in [0.5, 0.6) is 0 Å². The molecule has 0 aromatic heterocycles. The number of esters is 1. The van der Waals surface area contributed by atoms with Gasteiger partial charge in [0.15, 0.2) is 0 Å². The molecule has 0 saturated carbocycles. The molecule has 1 aliphatic rings. The van der Waals surface area contributed by atoms with Crippen LogP contribution in [0.4, 0.5) is 0 Å². The molecule has 1 fully saturated rings. The predicted octanol–water partition coefficient (Wildman–Crippen LogP) is 0.825. The molecule has 15 heavy (non-hydrogen) atoms. The maximum Gasteiger partial charge on any atom is 0.302 e. The molecule has 1 unspecified atom stereocenters. The van der Waals surface area contributed by atoms with Crippen LogP contribution in [0.15, 0.2) is 0 Å². The van der Waals surface area contributed by atoms with E-state index in [1.807, 2.05) is 0 Å². The third-order valence-electron chi connectivity index (χ3n) is 2.89. The summed E-state index contributed by atoms with van der Waals surface area (Å²) in [6.45, 7) is 10.7. The van der Waals surface area contributed by atoms with E-state index >= 15 is 0 Å². The van der Waals surface area contributed by atoms with Crippen LogP contribution in [0.3, 0.4) is 0 Å². The number of ether oxygens (including phenoxy) is 1. The first-order chi connectivity index (χ1) is 6.99. The van der Waals surface area contributed by atoms with E-state index in [-0.39, 0.29) is 12.1 Å². The maximum atomic E-state index is 10.7. The highest BCUT2D eigenvalue weighted by Gasteiger charge is 2.28. The van der Waals surface area contributed by atoms with Gasteiger partial charge < -0.3 is 10.1 Å². The number of carbonyl (C=O) groups excluding carboxylic acids is 1. The topological polar surface area (TPSA) is 41.6 Å². The first kappa shape index (κ1) is 12.5. The van der Waals surface area contributed by atoms with Crippen LogP contribution >= 0.6 is 0 Å². The van der Waals surface area contributed by atoms with Gasteiger partial charge in [-0.1, -0.05) is 13.8 Å². The smallest absolute Gasteiger partial charge is 0.302 e. The van der Waals surface area contributed by atoms with Crippen molar-refractivity contribution in [3.8, 4) is 0 Å². The number of nitrogens with zero attached hydrogens (tertiary/aromatic N) is 1. The molecular formula is C11H22N2O2. The molecule has 4 heteroatoms. The van der Waals surface area contributed by atoms with E-state index in [0.717, 1.165) is 19.8 Å². The van der Waals surface area contributed by atoms with E-state index in [1.54, 1.807) is 0 Å². The molecule has 0 aromatic carbocycles. The minimum Gasteiger partial charge on any atom is -0.460 e. The monoisotopic (exact) mass is 214 g/mol. The Bertz CT molecular complexity index is 213. The Kier molecular flexibility index (Phi) is 4.54. The van der Waals surface area contributed by atoms with E-state index in [4.69, 9.17) is 4.74 Å². The Morgan fingerprint density at radius 2 is 2.07 bits per heavy atom. The van der Waals surface area contributed by atoms with Gasteiger partial charge in [-0.05, 0) is 12.8 Å². The number of nitrogens with one attached hydrogen (secondary N) is 1. The van der Waals surface area contributed by atoms with E-state index in [2.05, 4.69) is 31.0 Å². The first-order valence-corrected chi connectivity index (χ1v) is 5.62. The van der Waals surface area contributed by atoms with Crippen LogP contribution < -0.4 is 5.32 Å². The SMILES string of the molecule is CC(=O)OC1CN(CNC(C)C(C)C)C1.